The van der Waals surface area contributed by atoms with Gasteiger partial charge in [-0.3, -0.25) is 4.99 Å². The van der Waals surface area contributed by atoms with Gasteiger partial charge in [0.1, 0.15) is 0 Å². The molecule has 1 unspecified atom stereocenters. The second-order valence-corrected chi connectivity index (χ2v) is 6.98. The summed E-state index contributed by atoms with van der Waals surface area (Å²) in [6.07, 6.45) is 1.94. The Kier molecular flexibility index (Phi) is 6.82. The Morgan fingerprint density at radius 2 is 1.83 bits per heavy atom. The molecule has 1 aromatic heterocycles. The fraction of sp³-hybridized carbons (Fsp3) is 0.421. The van der Waals surface area contributed by atoms with Gasteiger partial charge in [-0.25, -0.2) is 0 Å². The summed E-state index contributed by atoms with van der Waals surface area (Å²) in [7, 11) is 4.15. The first-order valence-electron chi connectivity index (χ1n) is 8.44. The molecule has 1 aromatic carbocycles. The highest BCUT2D eigenvalue weighted by Crippen LogP contribution is 2.24. The molecule has 0 saturated carbocycles. The lowest BCUT2D eigenvalue weighted by molar-refractivity contribution is 0.311. The molecule has 0 aliphatic rings. The number of anilines is 1. The largest absolute Gasteiger partial charge is 0.370 e. The predicted molar refractivity (Wildman–Crippen MR) is 106 cm³/mol. The SMILES string of the molecule is CCc1cccc(CC)c1NC(N)=NCC(c1cccs1)N(C)C. The van der Waals surface area contributed by atoms with Gasteiger partial charge >= 0.3 is 0 Å². The van der Waals surface area contributed by atoms with Gasteiger partial charge < -0.3 is 16.0 Å². The molecule has 2 aromatic rings. The first kappa shape index (κ1) is 18.5. The van der Waals surface area contributed by atoms with Crippen molar-refractivity contribution in [3.05, 3.63) is 51.7 Å². The number of aliphatic imine (C=N–C) groups is 1. The van der Waals surface area contributed by atoms with E-state index >= 15 is 0 Å². The van der Waals surface area contributed by atoms with Gasteiger partial charge in [0, 0.05) is 10.6 Å². The molecule has 0 bridgehead atoms. The highest BCUT2D eigenvalue weighted by Gasteiger charge is 2.15. The van der Waals surface area contributed by atoms with Gasteiger partial charge in [0.05, 0.1) is 12.6 Å². The Morgan fingerprint density at radius 3 is 2.33 bits per heavy atom. The summed E-state index contributed by atoms with van der Waals surface area (Å²) in [5.74, 6) is 0.481. The summed E-state index contributed by atoms with van der Waals surface area (Å²) in [6.45, 7) is 4.96. The van der Waals surface area contributed by atoms with Crippen LogP contribution < -0.4 is 11.1 Å². The minimum atomic E-state index is 0.248. The maximum atomic E-state index is 6.18. The van der Waals surface area contributed by atoms with Crippen molar-refractivity contribution in [1.82, 2.24) is 4.90 Å². The van der Waals surface area contributed by atoms with Gasteiger partial charge in [-0.05, 0) is 49.5 Å². The van der Waals surface area contributed by atoms with Gasteiger partial charge in [0.25, 0.3) is 0 Å². The maximum Gasteiger partial charge on any atom is 0.193 e. The van der Waals surface area contributed by atoms with Crippen LogP contribution in [0.2, 0.25) is 0 Å². The number of nitrogens with two attached hydrogens (primary N) is 1. The van der Waals surface area contributed by atoms with Gasteiger partial charge in [-0.15, -0.1) is 11.3 Å². The topological polar surface area (TPSA) is 53.6 Å². The highest BCUT2D eigenvalue weighted by molar-refractivity contribution is 7.10. The molecule has 4 nitrogen and oxygen atoms in total. The molecule has 24 heavy (non-hydrogen) atoms. The fourth-order valence-electron chi connectivity index (χ4n) is 2.74. The molecule has 0 spiro atoms. The zero-order valence-corrected chi connectivity index (χ0v) is 15.9. The van der Waals surface area contributed by atoms with Gasteiger partial charge in [-0.1, -0.05) is 38.1 Å². The van der Waals surface area contributed by atoms with Crippen molar-refractivity contribution in [3.8, 4) is 0 Å². The summed E-state index contributed by atoms with van der Waals surface area (Å²) in [6, 6.07) is 10.9. The summed E-state index contributed by atoms with van der Waals surface area (Å²) in [4.78, 5) is 8.08. The second-order valence-electron chi connectivity index (χ2n) is 6.00. The van der Waals surface area contributed by atoms with E-state index in [1.165, 1.54) is 16.0 Å². The maximum absolute atomic E-state index is 6.18. The number of rotatable bonds is 7. The van der Waals surface area contributed by atoms with Crippen molar-refractivity contribution in [2.45, 2.75) is 32.7 Å². The Balaban J connectivity index is 2.14. The third kappa shape index (κ3) is 4.58. The Labute approximate surface area is 149 Å². The van der Waals surface area contributed by atoms with Crippen LogP contribution in [0.25, 0.3) is 0 Å². The monoisotopic (exact) mass is 344 g/mol. The zero-order chi connectivity index (χ0) is 17.5. The van der Waals surface area contributed by atoms with Crippen LogP contribution in [0.3, 0.4) is 0 Å². The van der Waals surface area contributed by atoms with Crippen LogP contribution in [0.1, 0.15) is 35.9 Å². The smallest absolute Gasteiger partial charge is 0.193 e. The van der Waals surface area contributed by atoms with E-state index in [9.17, 15) is 0 Å². The average Bonchev–Trinajstić information content (AvgIpc) is 3.09. The molecule has 1 atom stereocenters. The molecular formula is C19H28N4S. The minimum absolute atomic E-state index is 0.248. The number of likely N-dealkylation sites (N-methyl/N-ethyl adjacent to an activating group) is 1. The fourth-order valence-corrected chi connectivity index (χ4v) is 3.66. The average molecular weight is 345 g/mol. The molecule has 0 amide bonds. The van der Waals surface area contributed by atoms with Gasteiger partial charge in [0.15, 0.2) is 5.96 Å². The van der Waals surface area contributed by atoms with Crippen molar-refractivity contribution in [2.24, 2.45) is 10.7 Å². The number of aryl methyl sites for hydroxylation is 2. The van der Waals surface area contributed by atoms with E-state index in [0.717, 1.165) is 18.5 Å². The number of nitrogens with zero attached hydrogens (tertiary/aromatic N) is 2. The molecule has 0 aliphatic carbocycles. The number of hydrogen-bond acceptors (Lipinski definition) is 3. The third-order valence-corrected chi connectivity index (χ3v) is 5.15. The van der Waals surface area contributed by atoms with E-state index in [0.29, 0.717) is 12.5 Å². The van der Waals surface area contributed by atoms with Crippen LogP contribution >= 0.6 is 11.3 Å². The van der Waals surface area contributed by atoms with E-state index < -0.39 is 0 Å². The molecule has 0 radical (unpaired) electrons. The number of benzene rings is 1. The first-order valence-corrected chi connectivity index (χ1v) is 9.32. The van der Waals surface area contributed by atoms with E-state index in [-0.39, 0.29) is 6.04 Å². The number of para-hydroxylation sites is 1. The minimum Gasteiger partial charge on any atom is -0.370 e. The van der Waals surface area contributed by atoms with Crippen LogP contribution in [-0.2, 0) is 12.8 Å². The molecule has 130 valence electrons. The number of guanidine groups is 1. The van der Waals surface area contributed by atoms with E-state index in [1.54, 1.807) is 11.3 Å². The molecule has 0 saturated heterocycles. The van der Waals surface area contributed by atoms with E-state index in [2.05, 4.69) is 78.9 Å². The Morgan fingerprint density at radius 1 is 1.17 bits per heavy atom. The summed E-state index contributed by atoms with van der Waals surface area (Å²) in [5, 5.41) is 5.43. The number of hydrogen-bond donors (Lipinski definition) is 2. The Bertz CT molecular complexity index is 640. The molecule has 3 N–H and O–H groups in total. The first-order chi connectivity index (χ1) is 11.6. The number of thiophene rings is 1. The van der Waals surface area contributed by atoms with Crippen molar-refractivity contribution in [1.29, 1.82) is 0 Å². The van der Waals surface area contributed by atoms with Crippen LogP contribution in [0.15, 0.2) is 40.7 Å². The van der Waals surface area contributed by atoms with Crippen LogP contribution in [0.4, 0.5) is 5.69 Å². The van der Waals surface area contributed by atoms with Crippen molar-refractivity contribution >= 4 is 23.0 Å². The zero-order valence-electron chi connectivity index (χ0n) is 15.0. The van der Waals surface area contributed by atoms with Gasteiger partial charge in [0.2, 0.25) is 0 Å². The van der Waals surface area contributed by atoms with E-state index in [4.69, 9.17) is 5.73 Å². The Hall–Kier alpha value is -1.85. The molecule has 1 heterocycles. The standard InChI is InChI=1S/C19H28N4S/c1-5-14-9-7-10-15(6-2)18(14)22-19(20)21-13-16(23(3)4)17-11-8-12-24-17/h7-12,16H,5-6,13H2,1-4H3,(H3,20,21,22). The van der Waals surface area contributed by atoms with Crippen molar-refractivity contribution in [2.75, 3.05) is 26.0 Å². The molecule has 2 rings (SSSR count). The lowest BCUT2D eigenvalue weighted by Crippen LogP contribution is -2.27. The quantitative estimate of drug-likeness (QED) is 0.591. The summed E-state index contributed by atoms with van der Waals surface area (Å²) < 4.78 is 0. The van der Waals surface area contributed by atoms with Crippen LogP contribution in [-0.4, -0.2) is 31.5 Å². The summed E-state index contributed by atoms with van der Waals surface area (Å²) in [5.41, 5.74) is 9.84. The number of nitrogens with one attached hydrogen (secondary N) is 1. The highest BCUT2D eigenvalue weighted by atomic mass is 32.1. The second kappa shape index (κ2) is 8.85. The molecule has 5 heteroatoms. The lowest BCUT2D eigenvalue weighted by atomic mass is 10.0. The third-order valence-electron chi connectivity index (χ3n) is 4.18. The molecule has 0 aliphatic heterocycles. The molecular weight excluding hydrogens is 316 g/mol. The van der Waals surface area contributed by atoms with Crippen LogP contribution in [0.5, 0.6) is 0 Å². The van der Waals surface area contributed by atoms with Crippen molar-refractivity contribution in [3.63, 3.8) is 0 Å². The molecule has 0 fully saturated rings. The van der Waals surface area contributed by atoms with Gasteiger partial charge in [-0.2, -0.15) is 0 Å². The van der Waals surface area contributed by atoms with Crippen LogP contribution in [0, 0.1) is 0 Å². The van der Waals surface area contributed by atoms with Crippen molar-refractivity contribution < 1.29 is 0 Å². The summed E-state index contributed by atoms with van der Waals surface area (Å²) >= 11 is 1.75. The predicted octanol–water partition coefficient (Wildman–Crippen LogP) is 3.90. The van der Waals surface area contributed by atoms with E-state index in [1.807, 2.05) is 0 Å². The normalized spacial score (nSPS) is 13.3. The lowest BCUT2D eigenvalue weighted by Gasteiger charge is -2.22.